The van der Waals surface area contributed by atoms with E-state index in [-0.39, 0.29) is 11.3 Å². The van der Waals surface area contributed by atoms with E-state index in [1.54, 1.807) is 0 Å². The minimum absolute atomic E-state index is 0.135. The second kappa shape index (κ2) is 7.06. The Labute approximate surface area is 116 Å². The molecule has 0 aliphatic carbocycles. The Hall–Kier alpha value is -1.66. The van der Waals surface area contributed by atoms with Gasteiger partial charge in [0.1, 0.15) is 4.88 Å². The minimum Gasteiger partial charge on any atom is -0.351 e. The first-order chi connectivity index (χ1) is 8.96. The fraction of sp³-hybridized carbons (Fsp3) is 0.727. The molecule has 0 atom stereocenters. The molecule has 1 N–H and O–H groups in total. The molecule has 1 heterocycles. The van der Waals surface area contributed by atoms with Gasteiger partial charge in [-0.3, -0.25) is 4.79 Å². The van der Waals surface area contributed by atoms with Crippen molar-refractivity contribution >= 4 is 17.4 Å². The quantitative estimate of drug-likeness (QED) is 0.375. The molecule has 0 aliphatic heterocycles. The summed E-state index contributed by atoms with van der Waals surface area (Å²) in [5, 5.41) is 10.3. The fourth-order valence-electron chi connectivity index (χ4n) is 1.46. The Morgan fingerprint density at radius 3 is 2.84 bits per heavy atom. The van der Waals surface area contributed by atoms with E-state index in [1.165, 1.54) is 0 Å². The number of azide groups is 1. The number of nitrogens with zero attached hydrogens (tertiary/aromatic N) is 5. The van der Waals surface area contributed by atoms with Gasteiger partial charge in [0.2, 0.25) is 0 Å². The van der Waals surface area contributed by atoms with Gasteiger partial charge in [-0.05, 0) is 29.9 Å². The van der Waals surface area contributed by atoms with Crippen LogP contribution in [0.25, 0.3) is 10.4 Å². The molecular weight excluding hydrogens is 264 g/mol. The summed E-state index contributed by atoms with van der Waals surface area (Å²) < 4.78 is 3.85. The zero-order chi connectivity index (χ0) is 14.3. The van der Waals surface area contributed by atoms with Crippen molar-refractivity contribution in [3.63, 3.8) is 0 Å². The van der Waals surface area contributed by atoms with Gasteiger partial charge in [-0.1, -0.05) is 30.4 Å². The molecule has 0 aliphatic rings. The summed E-state index contributed by atoms with van der Waals surface area (Å²) in [5.74, 6) is -0.135. The smallest absolute Gasteiger partial charge is 0.264 e. The summed E-state index contributed by atoms with van der Waals surface area (Å²) in [7, 11) is 0. The highest BCUT2D eigenvalue weighted by Crippen LogP contribution is 2.25. The van der Waals surface area contributed by atoms with Crippen LogP contribution < -0.4 is 5.32 Å². The number of rotatable bonds is 6. The van der Waals surface area contributed by atoms with E-state index in [1.807, 2.05) is 20.8 Å². The summed E-state index contributed by atoms with van der Waals surface area (Å²) in [5.41, 5.74) is 8.65. The van der Waals surface area contributed by atoms with E-state index in [4.69, 9.17) is 5.53 Å². The SMILES string of the molecule is CC(C)(C)c1nnsc1C(=O)NCCCCN=[N+]=[N-]. The average molecular weight is 282 g/mol. The van der Waals surface area contributed by atoms with E-state index in [9.17, 15) is 4.79 Å². The van der Waals surface area contributed by atoms with Crippen LogP contribution in [0.5, 0.6) is 0 Å². The normalized spacial score (nSPS) is 10.9. The van der Waals surface area contributed by atoms with Crippen LogP contribution in [0.2, 0.25) is 0 Å². The number of hydrogen-bond acceptors (Lipinski definition) is 5. The molecule has 1 amide bonds. The molecule has 0 saturated carbocycles. The van der Waals surface area contributed by atoms with Crippen LogP contribution in [-0.4, -0.2) is 28.6 Å². The first kappa shape index (κ1) is 15.4. The van der Waals surface area contributed by atoms with Gasteiger partial charge in [-0.25, -0.2) is 0 Å². The Morgan fingerprint density at radius 1 is 1.47 bits per heavy atom. The number of hydrogen-bond donors (Lipinski definition) is 1. The molecule has 0 fully saturated rings. The van der Waals surface area contributed by atoms with Gasteiger partial charge in [-0.2, -0.15) is 0 Å². The van der Waals surface area contributed by atoms with Crippen LogP contribution in [0, 0.1) is 0 Å². The Kier molecular flexibility index (Phi) is 5.72. The maximum absolute atomic E-state index is 12.0. The molecule has 7 nitrogen and oxygen atoms in total. The lowest BCUT2D eigenvalue weighted by atomic mass is 9.91. The number of amides is 1. The lowest BCUT2D eigenvalue weighted by molar-refractivity contribution is 0.0954. The van der Waals surface area contributed by atoms with Crippen molar-refractivity contribution < 1.29 is 4.79 Å². The summed E-state index contributed by atoms with van der Waals surface area (Å²) >= 11 is 1.12. The number of nitrogens with one attached hydrogen (secondary N) is 1. The van der Waals surface area contributed by atoms with Gasteiger partial charge in [0.05, 0.1) is 5.69 Å². The maximum Gasteiger partial charge on any atom is 0.264 e. The highest BCUT2D eigenvalue weighted by molar-refractivity contribution is 7.08. The number of carbonyl (C=O) groups is 1. The van der Waals surface area contributed by atoms with Crippen molar-refractivity contribution in [1.29, 1.82) is 0 Å². The molecule has 0 bridgehead atoms. The predicted octanol–water partition coefficient (Wildman–Crippen LogP) is 2.66. The van der Waals surface area contributed by atoms with Gasteiger partial charge in [0.15, 0.2) is 0 Å². The van der Waals surface area contributed by atoms with E-state index < -0.39 is 0 Å². The van der Waals surface area contributed by atoms with Gasteiger partial charge in [0, 0.05) is 23.4 Å². The molecule has 1 rings (SSSR count). The zero-order valence-corrected chi connectivity index (χ0v) is 12.2. The van der Waals surface area contributed by atoms with Gasteiger partial charge >= 0.3 is 0 Å². The molecule has 1 aromatic heterocycles. The molecule has 19 heavy (non-hydrogen) atoms. The summed E-state index contributed by atoms with van der Waals surface area (Å²) in [6.45, 7) is 7.02. The van der Waals surface area contributed by atoms with E-state index in [2.05, 4.69) is 24.9 Å². The number of aromatic nitrogens is 2. The van der Waals surface area contributed by atoms with E-state index in [0.717, 1.165) is 30.1 Å². The van der Waals surface area contributed by atoms with Crippen LogP contribution in [0.15, 0.2) is 5.11 Å². The van der Waals surface area contributed by atoms with Crippen molar-refractivity contribution in [2.75, 3.05) is 13.1 Å². The largest absolute Gasteiger partial charge is 0.351 e. The lowest BCUT2D eigenvalue weighted by Gasteiger charge is -2.16. The van der Waals surface area contributed by atoms with Crippen molar-refractivity contribution in [3.8, 4) is 0 Å². The van der Waals surface area contributed by atoms with Crippen LogP contribution in [0.4, 0.5) is 0 Å². The van der Waals surface area contributed by atoms with Crippen LogP contribution in [0.3, 0.4) is 0 Å². The van der Waals surface area contributed by atoms with Crippen molar-refractivity contribution in [1.82, 2.24) is 14.9 Å². The van der Waals surface area contributed by atoms with Gasteiger partial charge < -0.3 is 5.32 Å². The van der Waals surface area contributed by atoms with Crippen LogP contribution in [-0.2, 0) is 5.41 Å². The van der Waals surface area contributed by atoms with Gasteiger partial charge in [0.25, 0.3) is 5.91 Å². The predicted molar refractivity (Wildman–Crippen MR) is 74.2 cm³/mol. The molecule has 0 aromatic carbocycles. The third kappa shape index (κ3) is 4.84. The fourth-order valence-corrected chi connectivity index (χ4v) is 2.26. The monoisotopic (exact) mass is 282 g/mol. The van der Waals surface area contributed by atoms with Crippen molar-refractivity contribution in [3.05, 3.63) is 21.0 Å². The second-order valence-electron chi connectivity index (χ2n) is 5.12. The maximum atomic E-state index is 12.0. The van der Waals surface area contributed by atoms with E-state index in [0.29, 0.717) is 18.0 Å². The third-order valence-corrected chi connectivity index (χ3v) is 3.16. The van der Waals surface area contributed by atoms with Crippen LogP contribution >= 0.6 is 11.5 Å². The zero-order valence-electron chi connectivity index (χ0n) is 11.4. The Bertz CT molecular complexity index is 472. The summed E-state index contributed by atoms with van der Waals surface area (Å²) in [6.07, 6.45) is 1.54. The first-order valence-electron chi connectivity index (χ1n) is 6.08. The second-order valence-corrected chi connectivity index (χ2v) is 5.87. The summed E-state index contributed by atoms with van der Waals surface area (Å²) in [6, 6.07) is 0. The molecule has 0 radical (unpaired) electrons. The molecule has 8 heteroatoms. The number of carbonyl (C=O) groups excluding carboxylic acids is 1. The highest BCUT2D eigenvalue weighted by atomic mass is 32.1. The topological polar surface area (TPSA) is 104 Å². The van der Waals surface area contributed by atoms with Crippen molar-refractivity contribution in [2.24, 2.45) is 5.11 Å². The molecule has 0 saturated heterocycles. The highest BCUT2D eigenvalue weighted by Gasteiger charge is 2.25. The molecule has 0 spiro atoms. The molecular formula is C11H18N6OS. The van der Waals surface area contributed by atoms with Crippen LogP contribution in [0.1, 0.15) is 49.0 Å². The van der Waals surface area contributed by atoms with E-state index >= 15 is 0 Å². The standard InChI is InChI=1S/C11H18N6OS/c1-11(2,3)9-8(19-17-15-9)10(18)13-6-4-5-7-14-16-12/h4-7H2,1-3H3,(H,13,18). The molecule has 104 valence electrons. The molecule has 1 aromatic rings. The van der Waals surface area contributed by atoms with Crippen molar-refractivity contribution in [2.45, 2.75) is 39.0 Å². The lowest BCUT2D eigenvalue weighted by Crippen LogP contribution is -2.27. The number of unbranched alkanes of at least 4 members (excludes halogenated alkanes) is 1. The molecule has 0 unspecified atom stereocenters. The summed E-state index contributed by atoms with van der Waals surface area (Å²) in [4.78, 5) is 15.2. The first-order valence-corrected chi connectivity index (χ1v) is 6.86. The Balaban J connectivity index is 2.46. The average Bonchev–Trinajstić information content (AvgIpc) is 2.82. The minimum atomic E-state index is -0.193. The third-order valence-electron chi connectivity index (χ3n) is 2.44. The Morgan fingerprint density at radius 2 is 2.21 bits per heavy atom. The van der Waals surface area contributed by atoms with Gasteiger partial charge in [-0.15, -0.1) is 5.10 Å².